The van der Waals surface area contributed by atoms with Crippen LogP contribution in [-0.4, -0.2) is 26.5 Å². The third-order valence-corrected chi connectivity index (χ3v) is 5.31. The number of carbonyl (C=O) groups is 2. The lowest BCUT2D eigenvalue weighted by atomic mass is 10.1. The van der Waals surface area contributed by atoms with Crippen LogP contribution in [0.2, 0.25) is 0 Å². The first-order chi connectivity index (χ1) is 16.2. The predicted octanol–water partition coefficient (Wildman–Crippen LogP) is 2.27. The number of anilines is 1. The Hall–Kier alpha value is -4.21. The Balaban J connectivity index is 1.58. The molecule has 3 rings (SSSR count). The molecule has 10 heteroatoms. The molecule has 0 fully saturated rings. The van der Waals surface area contributed by atoms with Gasteiger partial charge in [-0.15, -0.1) is 0 Å². The lowest BCUT2D eigenvalue weighted by Gasteiger charge is -2.16. The van der Waals surface area contributed by atoms with E-state index in [1.807, 2.05) is 63.2 Å². The number of amides is 3. The minimum absolute atomic E-state index is 0.0977. The normalized spacial score (nSPS) is 11.4. The fourth-order valence-corrected chi connectivity index (χ4v) is 3.32. The predicted molar refractivity (Wildman–Crippen MR) is 129 cm³/mol. The second kappa shape index (κ2) is 11.1. The smallest absolute Gasteiger partial charge is 0.333 e. The Kier molecular flexibility index (Phi) is 7.96. The van der Waals surface area contributed by atoms with Gasteiger partial charge in [0.1, 0.15) is 6.54 Å². The first kappa shape index (κ1) is 24.4. The van der Waals surface area contributed by atoms with Gasteiger partial charge in [0, 0.05) is 29.8 Å². The molecule has 178 valence electrons. The monoisotopic (exact) mass is 463 g/mol. The molecule has 0 unspecified atom stereocenters. The molecule has 0 radical (unpaired) electrons. The van der Waals surface area contributed by atoms with Crippen molar-refractivity contribution in [3.05, 3.63) is 87.2 Å². The second-order valence-corrected chi connectivity index (χ2v) is 7.97. The molecular formula is C24H29N7O3. The summed E-state index contributed by atoms with van der Waals surface area (Å²) in [6.45, 7) is 7.44. The summed E-state index contributed by atoms with van der Waals surface area (Å²) in [5.74, 6) is -0.427. The molecule has 2 heterocycles. The molecular weight excluding hydrogens is 434 g/mol. The van der Waals surface area contributed by atoms with Crippen molar-refractivity contribution >= 4 is 17.8 Å². The minimum Gasteiger partial charge on any atom is -0.350 e. The number of carbonyl (C=O) groups excluding carboxylic acids is 2. The summed E-state index contributed by atoms with van der Waals surface area (Å²) in [5.41, 5.74) is 8.53. The van der Waals surface area contributed by atoms with Gasteiger partial charge in [-0.3, -0.25) is 30.0 Å². The fraction of sp³-hybridized carbons (Fsp3) is 0.292. The van der Waals surface area contributed by atoms with Gasteiger partial charge in [0.15, 0.2) is 0 Å². The summed E-state index contributed by atoms with van der Waals surface area (Å²) in [7, 11) is 0. The number of nitrogens with one attached hydrogen (secondary N) is 4. The number of urea groups is 1. The summed E-state index contributed by atoms with van der Waals surface area (Å²) in [5, 5.41) is 5.58. The highest BCUT2D eigenvalue weighted by Crippen LogP contribution is 2.10. The molecule has 0 aliphatic heterocycles. The number of aromatic nitrogens is 3. The largest absolute Gasteiger partial charge is 0.350 e. The van der Waals surface area contributed by atoms with Gasteiger partial charge >= 0.3 is 6.03 Å². The van der Waals surface area contributed by atoms with Crippen LogP contribution >= 0.6 is 0 Å². The van der Waals surface area contributed by atoms with E-state index in [0.717, 1.165) is 22.5 Å². The zero-order valence-corrected chi connectivity index (χ0v) is 19.7. The summed E-state index contributed by atoms with van der Waals surface area (Å²) in [4.78, 5) is 46.0. The number of nitrogens with zero attached hydrogens (tertiary/aromatic N) is 3. The van der Waals surface area contributed by atoms with Gasteiger partial charge in [-0.1, -0.05) is 36.4 Å². The minimum atomic E-state index is -0.528. The number of hydrogen-bond donors (Lipinski definition) is 4. The number of pyridine rings is 1. The van der Waals surface area contributed by atoms with E-state index in [9.17, 15) is 14.4 Å². The molecule has 0 aliphatic carbocycles. The van der Waals surface area contributed by atoms with E-state index in [4.69, 9.17) is 0 Å². The molecule has 10 nitrogen and oxygen atoms in total. The molecule has 4 N–H and O–H groups in total. The first-order valence-electron chi connectivity index (χ1n) is 10.9. The SMILES string of the molecule is Cc1ccc(CNC(=O)Cn2c(C)cnc(NNC(=O)N[C@H](C)c3ccccc3)c2=O)c(C)n1. The van der Waals surface area contributed by atoms with Crippen molar-refractivity contribution in [2.45, 2.75) is 46.8 Å². The highest BCUT2D eigenvalue weighted by atomic mass is 16.2. The van der Waals surface area contributed by atoms with Crippen molar-refractivity contribution in [1.29, 1.82) is 0 Å². The third-order valence-electron chi connectivity index (χ3n) is 5.31. The second-order valence-electron chi connectivity index (χ2n) is 7.97. The van der Waals surface area contributed by atoms with Crippen LogP contribution in [0, 0.1) is 20.8 Å². The van der Waals surface area contributed by atoms with Crippen molar-refractivity contribution < 1.29 is 9.59 Å². The number of aryl methyl sites for hydroxylation is 3. The number of hydrazine groups is 1. The first-order valence-corrected chi connectivity index (χ1v) is 10.9. The molecule has 0 spiro atoms. The average Bonchev–Trinajstić information content (AvgIpc) is 2.81. The molecule has 0 bridgehead atoms. The van der Waals surface area contributed by atoms with E-state index in [-0.39, 0.29) is 24.3 Å². The Morgan fingerprint density at radius 1 is 1.06 bits per heavy atom. The maximum atomic E-state index is 12.8. The number of benzene rings is 1. The van der Waals surface area contributed by atoms with E-state index in [1.165, 1.54) is 10.8 Å². The molecule has 1 atom stereocenters. The standard InChI is InChI=1S/C24H29N7O3/c1-15-10-11-20(18(4)27-15)13-25-21(32)14-31-16(2)12-26-22(23(31)33)29-30-24(34)28-17(3)19-8-6-5-7-9-19/h5-12,17H,13-14H2,1-4H3,(H,25,32)(H,26,29)(H2,28,30,34)/t17-/m1/s1. The van der Waals surface area contributed by atoms with Crippen molar-refractivity contribution in [2.24, 2.45) is 0 Å². The summed E-state index contributed by atoms with van der Waals surface area (Å²) in [6, 6.07) is 12.5. The van der Waals surface area contributed by atoms with Crippen molar-refractivity contribution in [1.82, 2.24) is 30.6 Å². The maximum absolute atomic E-state index is 12.8. The van der Waals surface area contributed by atoms with E-state index in [0.29, 0.717) is 12.2 Å². The van der Waals surface area contributed by atoms with Crippen LogP contribution in [0.1, 0.15) is 41.2 Å². The lowest BCUT2D eigenvalue weighted by Crippen LogP contribution is -2.42. The Bertz CT molecular complexity index is 1220. The number of hydrogen-bond acceptors (Lipinski definition) is 6. The van der Waals surface area contributed by atoms with Crippen LogP contribution in [0.5, 0.6) is 0 Å². The quantitative estimate of drug-likeness (QED) is 0.379. The van der Waals surface area contributed by atoms with E-state index in [1.54, 1.807) is 6.92 Å². The molecule has 0 saturated heterocycles. The van der Waals surface area contributed by atoms with Crippen molar-refractivity contribution in [2.75, 3.05) is 5.43 Å². The summed E-state index contributed by atoms with van der Waals surface area (Å²) in [6.07, 6.45) is 1.46. The van der Waals surface area contributed by atoms with Gasteiger partial charge in [-0.25, -0.2) is 9.78 Å². The van der Waals surface area contributed by atoms with Gasteiger partial charge in [0.05, 0.1) is 6.04 Å². The zero-order valence-electron chi connectivity index (χ0n) is 19.7. The highest BCUT2D eigenvalue weighted by molar-refractivity contribution is 5.76. The third kappa shape index (κ3) is 6.41. The fourth-order valence-electron chi connectivity index (χ4n) is 3.32. The molecule has 1 aromatic carbocycles. The van der Waals surface area contributed by atoms with Crippen LogP contribution in [0.4, 0.5) is 10.6 Å². The van der Waals surface area contributed by atoms with Gasteiger partial charge in [0.25, 0.3) is 5.56 Å². The summed E-state index contributed by atoms with van der Waals surface area (Å²) >= 11 is 0. The molecule has 3 aromatic rings. The van der Waals surface area contributed by atoms with Gasteiger partial charge in [-0.2, -0.15) is 0 Å². The molecule has 34 heavy (non-hydrogen) atoms. The molecule has 0 saturated carbocycles. The molecule has 0 aliphatic rings. The van der Waals surface area contributed by atoms with E-state index in [2.05, 4.69) is 31.5 Å². The van der Waals surface area contributed by atoms with Crippen LogP contribution in [0.3, 0.4) is 0 Å². The van der Waals surface area contributed by atoms with Crippen LogP contribution in [0.25, 0.3) is 0 Å². The Labute approximate surface area is 197 Å². The zero-order chi connectivity index (χ0) is 24.7. The van der Waals surface area contributed by atoms with Gasteiger partial charge < -0.3 is 10.6 Å². The van der Waals surface area contributed by atoms with Crippen molar-refractivity contribution in [3.63, 3.8) is 0 Å². The Morgan fingerprint density at radius 3 is 2.50 bits per heavy atom. The van der Waals surface area contributed by atoms with Crippen LogP contribution in [0.15, 0.2) is 53.5 Å². The van der Waals surface area contributed by atoms with Gasteiger partial charge in [0.2, 0.25) is 11.7 Å². The van der Waals surface area contributed by atoms with E-state index < -0.39 is 11.6 Å². The maximum Gasteiger partial charge on any atom is 0.333 e. The lowest BCUT2D eigenvalue weighted by molar-refractivity contribution is -0.121. The average molecular weight is 464 g/mol. The highest BCUT2D eigenvalue weighted by Gasteiger charge is 2.14. The van der Waals surface area contributed by atoms with Crippen LogP contribution in [-0.2, 0) is 17.9 Å². The number of rotatable bonds is 8. The van der Waals surface area contributed by atoms with Crippen molar-refractivity contribution in [3.8, 4) is 0 Å². The van der Waals surface area contributed by atoms with E-state index >= 15 is 0 Å². The Morgan fingerprint density at radius 2 is 1.79 bits per heavy atom. The summed E-state index contributed by atoms with van der Waals surface area (Å²) < 4.78 is 1.29. The molecule has 2 aromatic heterocycles. The van der Waals surface area contributed by atoms with Crippen LogP contribution < -0.4 is 27.0 Å². The topological polar surface area (TPSA) is 130 Å². The molecule has 3 amide bonds. The van der Waals surface area contributed by atoms with Gasteiger partial charge in [-0.05, 0) is 44.9 Å².